The van der Waals surface area contributed by atoms with Crippen LogP contribution in [0.3, 0.4) is 0 Å². The van der Waals surface area contributed by atoms with Crippen molar-refractivity contribution in [2.24, 2.45) is 0 Å². The fourth-order valence-corrected chi connectivity index (χ4v) is 3.35. The summed E-state index contributed by atoms with van der Waals surface area (Å²) in [6.45, 7) is 8.55. The van der Waals surface area contributed by atoms with Gasteiger partial charge in [-0.1, -0.05) is 42.5 Å². The first-order chi connectivity index (χ1) is 14.1. The molecule has 29 heavy (non-hydrogen) atoms. The number of benzene rings is 2. The molecule has 0 atom stereocenters. The van der Waals surface area contributed by atoms with Crippen LogP contribution in [-0.2, 0) is 17.9 Å². The lowest BCUT2D eigenvalue weighted by Gasteiger charge is -2.32. The van der Waals surface area contributed by atoms with E-state index < -0.39 is 0 Å². The van der Waals surface area contributed by atoms with Gasteiger partial charge in [-0.3, -0.25) is 9.69 Å². The van der Waals surface area contributed by atoms with E-state index in [-0.39, 0.29) is 5.91 Å². The summed E-state index contributed by atoms with van der Waals surface area (Å²) in [5.74, 6) is 0.674. The molecule has 0 saturated carbocycles. The molecule has 1 amide bonds. The monoisotopic (exact) mass is 393 g/mol. The molecule has 0 aromatic heterocycles. The van der Waals surface area contributed by atoms with E-state index in [2.05, 4.69) is 46.4 Å². The Bertz CT molecular complexity index is 809. The number of hydrogen-bond acceptors (Lipinski definition) is 4. The van der Waals surface area contributed by atoms with Gasteiger partial charge >= 0.3 is 0 Å². The average molecular weight is 394 g/mol. The van der Waals surface area contributed by atoms with Crippen molar-refractivity contribution in [2.75, 3.05) is 39.8 Å². The number of carbonyl (C=O) groups excluding carboxylic acids is 1. The summed E-state index contributed by atoms with van der Waals surface area (Å²) < 4.78 is 5.58. The zero-order chi connectivity index (χ0) is 20.5. The SMILES string of the molecule is CCOc1ccccc1/C=C/C(=O)NCc1ccc(CN2CCN(C)CC2)cc1. The molecule has 0 bridgehead atoms. The summed E-state index contributed by atoms with van der Waals surface area (Å²) in [6, 6.07) is 16.2. The predicted octanol–water partition coefficient (Wildman–Crippen LogP) is 3.16. The molecule has 1 saturated heterocycles. The third kappa shape index (κ3) is 6.73. The Morgan fingerprint density at radius 3 is 2.45 bits per heavy atom. The molecule has 1 aliphatic rings. The van der Waals surface area contributed by atoms with Crippen molar-refractivity contribution in [3.05, 3.63) is 71.3 Å². The molecule has 0 radical (unpaired) electrons. The summed E-state index contributed by atoms with van der Waals surface area (Å²) >= 11 is 0. The van der Waals surface area contributed by atoms with Crippen molar-refractivity contribution < 1.29 is 9.53 Å². The van der Waals surface area contributed by atoms with Crippen LogP contribution in [0.4, 0.5) is 0 Å². The highest BCUT2D eigenvalue weighted by Gasteiger charge is 2.13. The van der Waals surface area contributed by atoms with Gasteiger partial charge in [0, 0.05) is 50.9 Å². The van der Waals surface area contributed by atoms with Crippen LogP contribution in [-0.4, -0.2) is 55.5 Å². The van der Waals surface area contributed by atoms with Gasteiger partial charge in [-0.2, -0.15) is 0 Å². The second kappa shape index (κ2) is 10.8. The van der Waals surface area contributed by atoms with E-state index in [1.807, 2.05) is 31.2 Å². The third-order valence-corrected chi connectivity index (χ3v) is 5.12. The van der Waals surface area contributed by atoms with E-state index in [9.17, 15) is 4.79 Å². The Balaban J connectivity index is 1.46. The summed E-state index contributed by atoms with van der Waals surface area (Å²) in [6.07, 6.45) is 3.35. The molecule has 5 nitrogen and oxygen atoms in total. The normalized spacial score (nSPS) is 15.5. The Morgan fingerprint density at radius 2 is 1.72 bits per heavy atom. The average Bonchev–Trinajstić information content (AvgIpc) is 2.74. The van der Waals surface area contributed by atoms with Crippen molar-refractivity contribution in [1.29, 1.82) is 0 Å². The maximum atomic E-state index is 12.2. The molecule has 1 fully saturated rings. The first-order valence-electron chi connectivity index (χ1n) is 10.3. The summed E-state index contributed by atoms with van der Waals surface area (Å²) in [4.78, 5) is 17.0. The van der Waals surface area contributed by atoms with Crippen LogP contribution in [0, 0.1) is 0 Å². The molecule has 1 heterocycles. The minimum Gasteiger partial charge on any atom is -0.493 e. The topological polar surface area (TPSA) is 44.8 Å². The van der Waals surface area contributed by atoms with Crippen molar-refractivity contribution in [1.82, 2.24) is 15.1 Å². The number of ether oxygens (including phenoxy) is 1. The van der Waals surface area contributed by atoms with E-state index in [1.165, 1.54) is 5.56 Å². The Labute approximate surface area is 174 Å². The minimum absolute atomic E-state index is 0.113. The summed E-state index contributed by atoms with van der Waals surface area (Å²) in [5, 5.41) is 2.94. The number of para-hydroxylation sites is 1. The molecule has 0 unspecified atom stereocenters. The van der Waals surface area contributed by atoms with Crippen LogP contribution in [0.5, 0.6) is 5.75 Å². The number of nitrogens with one attached hydrogen (secondary N) is 1. The maximum absolute atomic E-state index is 12.2. The molecular weight excluding hydrogens is 362 g/mol. The van der Waals surface area contributed by atoms with Crippen molar-refractivity contribution in [3.8, 4) is 5.75 Å². The molecule has 1 aliphatic heterocycles. The number of amides is 1. The lowest BCUT2D eigenvalue weighted by Crippen LogP contribution is -2.43. The smallest absolute Gasteiger partial charge is 0.244 e. The highest BCUT2D eigenvalue weighted by atomic mass is 16.5. The largest absolute Gasteiger partial charge is 0.493 e. The predicted molar refractivity (Wildman–Crippen MR) is 118 cm³/mol. The second-order valence-electron chi connectivity index (χ2n) is 7.42. The number of carbonyl (C=O) groups is 1. The highest BCUT2D eigenvalue weighted by Crippen LogP contribution is 2.19. The molecule has 154 valence electrons. The number of piperazine rings is 1. The molecule has 2 aromatic rings. The first-order valence-corrected chi connectivity index (χ1v) is 10.3. The van der Waals surface area contributed by atoms with E-state index in [1.54, 1.807) is 12.2 Å². The molecule has 1 N–H and O–H groups in total. The maximum Gasteiger partial charge on any atom is 0.244 e. The summed E-state index contributed by atoms with van der Waals surface area (Å²) in [7, 11) is 2.17. The highest BCUT2D eigenvalue weighted by molar-refractivity contribution is 5.92. The summed E-state index contributed by atoms with van der Waals surface area (Å²) in [5.41, 5.74) is 3.32. The Kier molecular flexibility index (Phi) is 7.85. The van der Waals surface area contributed by atoms with Gasteiger partial charge in [-0.15, -0.1) is 0 Å². The van der Waals surface area contributed by atoms with Crippen LogP contribution in [0.1, 0.15) is 23.6 Å². The van der Waals surface area contributed by atoms with Gasteiger partial charge in [0.05, 0.1) is 6.61 Å². The van der Waals surface area contributed by atoms with Crippen molar-refractivity contribution >= 4 is 12.0 Å². The van der Waals surface area contributed by atoms with Gasteiger partial charge in [0.2, 0.25) is 5.91 Å². The molecule has 5 heteroatoms. The van der Waals surface area contributed by atoms with E-state index in [4.69, 9.17) is 4.74 Å². The molecule has 0 spiro atoms. The fourth-order valence-electron chi connectivity index (χ4n) is 3.35. The van der Waals surface area contributed by atoms with Crippen LogP contribution in [0.2, 0.25) is 0 Å². The Hall–Kier alpha value is -2.63. The minimum atomic E-state index is -0.113. The van der Waals surface area contributed by atoms with Gasteiger partial charge < -0.3 is 15.0 Å². The molecule has 3 rings (SSSR count). The number of hydrogen-bond donors (Lipinski definition) is 1. The van der Waals surface area contributed by atoms with Gasteiger partial charge in [0.25, 0.3) is 0 Å². The van der Waals surface area contributed by atoms with Crippen molar-refractivity contribution in [3.63, 3.8) is 0 Å². The van der Waals surface area contributed by atoms with Crippen LogP contribution in [0.15, 0.2) is 54.6 Å². The van der Waals surface area contributed by atoms with Gasteiger partial charge in [-0.05, 0) is 37.2 Å². The van der Waals surface area contributed by atoms with Crippen LogP contribution in [0.25, 0.3) is 6.08 Å². The lowest BCUT2D eigenvalue weighted by molar-refractivity contribution is -0.116. The van der Waals surface area contributed by atoms with E-state index >= 15 is 0 Å². The number of likely N-dealkylation sites (N-methyl/N-ethyl adjacent to an activating group) is 1. The van der Waals surface area contributed by atoms with Crippen molar-refractivity contribution in [2.45, 2.75) is 20.0 Å². The number of nitrogens with zero attached hydrogens (tertiary/aromatic N) is 2. The molecular formula is C24H31N3O2. The van der Waals surface area contributed by atoms with Gasteiger partial charge in [0.1, 0.15) is 5.75 Å². The zero-order valence-electron chi connectivity index (χ0n) is 17.4. The van der Waals surface area contributed by atoms with Crippen LogP contribution >= 0.6 is 0 Å². The first kappa shape index (κ1) is 21.1. The lowest BCUT2D eigenvalue weighted by atomic mass is 10.1. The quantitative estimate of drug-likeness (QED) is 0.700. The number of rotatable bonds is 8. The molecule has 0 aliphatic carbocycles. The van der Waals surface area contributed by atoms with Gasteiger partial charge in [0.15, 0.2) is 0 Å². The van der Waals surface area contributed by atoms with Gasteiger partial charge in [-0.25, -0.2) is 0 Å². The molecule has 2 aromatic carbocycles. The van der Waals surface area contributed by atoms with E-state index in [0.717, 1.165) is 49.6 Å². The van der Waals surface area contributed by atoms with Crippen LogP contribution < -0.4 is 10.1 Å². The zero-order valence-corrected chi connectivity index (χ0v) is 17.4. The van der Waals surface area contributed by atoms with E-state index in [0.29, 0.717) is 13.2 Å². The fraction of sp³-hybridized carbons (Fsp3) is 0.375. The third-order valence-electron chi connectivity index (χ3n) is 5.12. The Morgan fingerprint density at radius 1 is 1.03 bits per heavy atom. The second-order valence-corrected chi connectivity index (χ2v) is 7.42. The standard InChI is InChI=1S/C24H31N3O2/c1-3-29-23-7-5-4-6-22(23)12-13-24(28)25-18-20-8-10-21(11-9-20)19-27-16-14-26(2)15-17-27/h4-13H,3,14-19H2,1-2H3,(H,25,28)/b13-12+.